The molecule has 0 saturated heterocycles. The average molecular weight is 308 g/mol. The van der Waals surface area contributed by atoms with Gasteiger partial charge >= 0.3 is 5.97 Å². The van der Waals surface area contributed by atoms with Crippen molar-refractivity contribution in [2.45, 2.75) is 6.61 Å². The molecule has 7 heteroatoms. The second kappa shape index (κ2) is 5.15. The van der Waals surface area contributed by atoms with Gasteiger partial charge in [-0.05, 0) is 18.2 Å². The summed E-state index contributed by atoms with van der Waals surface area (Å²) in [5.74, 6) is -0.494. The summed E-state index contributed by atoms with van der Waals surface area (Å²) in [6.07, 6.45) is 3.72. The van der Waals surface area contributed by atoms with Gasteiger partial charge in [0, 0.05) is 23.5 Å². The largest absolute Gasteiger partial charge is 0.455 e. The van der Waals surface area contributed by atoms with E-state index in [1.54, 1.807) is 12.1 Å². The number of nitrogens with zero attached hydrogens (tertiary/aromatic N) is 2. The van der Waals surface area contributed by atoms with E-state index in [4.69, 9.17) is 22.1 Å². The first-order valence-electron chi connectivity index (χ1n) is 5.77. The predicted molar refractivity (Wildman–Crippen MR) is 78.1 cm³/mol. The molecule has 1 aromatic carbocycles. The molecule has 0 spiro atoms. The zero-order valence-electron chi connectivity index (χ0n) is 10.2. The second-order valence-electron chi connectivity index (χ2n) is 4.14. The van der Waals surface area contributed by atoms with Gasteiger partial charge in [0.05, 0.1) is 16.3 Å². The van der Waals surface area contributed by atoms with Crippen molar-refractivity contribution in [2.75, 3.05) is 5.73 Å². The molecule has 3 rings (SSSR count). The number of thiazole rings is 1. The summed E-state index contributed by atoms with van der Waals surface area (Å²) in [5.41, 5.74) is 7.06. The van der Waals surface area contributed by atoms with E-state index in [1.807, 2.05) is 22.2 Å². The Labute approximate surface area is 123 Å². The Morgan fingerprint density at radius 3 is 3.10 bits per heavy atom. The Kier molecular flexibility index (Phi) is 3.33. The number of fused-ring (bicyclic) bond motifs is 1. The molecular weight excluding hydrogens is 298 g/mol. The van der Waals surface area contributed by atoms with Crippen molar-refractivity contribution in [3.05, 3.63) is 52.3 Å². The van der Waals surface area contributed by atoms with Gasteiger partial charge in [-0.25, -0.2) is 9.78 Å². The topological polar surface area (TPSA) is 69.6 Å². The third-order valence-corrected chi connectivity index (χ3v) is 3.79. The van der Waals surface area contributed by atoms with Crippen LogP contribution in [0.25, 0.3) is 4.96 Å². The second-order valence-corrected chi connectivity index (χ2v) is 5.42. The zero-order valence-corrected chi connectivity index (χ0v) is 11.8. The van der Waals surface area contributed by atoms with Gasteiger partial charge in [-0.3, -0.25) is 4.40 Å². The fourth-order valence-corrected chi connectivity index (χ4v) is 2.74. The fraction of sp³-hybridized carbons (Fsp3) is 0.0769. The Morgan fingerprint density at radius 2 is 2.35 bits per heavy atom. The van der Waals surface area contributed by atoms with Gasteiger partial charge in [-0.1, -0.05) is 11.6 Å². The van der Waals surface area contributed by atoms with Gasteiger partial charge in [0.2, 0.25) is 0 Å². The number of rotatable bonds is 3. The molecule has 2 aromatic heterocycles. The molecule has 0 aliphatic heterocycles. The van der Waals surface area contributed by atoms with E-state index in [2.05, 4.69) is 4.98 Å². The molecule has 0 unspecified atom stereocenters. The summed E-state index contributed by atoms with van der Waals surface area (Å²) in [6, 6.07) is 4.67. The smallest absolute Gasteiger partial charge is 0.340 e. The van der Waals surface area contributed by atoms with Crippen molar-refractivity contribution in [1.29, 1.82) is 0 Å². The highest BCUT2D eigenvalue weighted by atomic mass is 35.5. The lowest BCUT2D eigenvalue weighted by Crippen LogP contribution is -2.06. The first-order valence-corrected chi connectivity index (χ1v) is 7.02. The van der Waals surface area contributed by atoms with Crippen LogP contribution in [0.2, 0.25) is 5.02 Å². The zero-order chi connectivity index (χ0) is 14.1. The van der Waals surface area contributed by atoms with E-state index in [1.165, 1.54) is 17.4 Å². The minimum Gasteiger partial charge on any atom is -0.455 e. The molecule has 102 valence electrons. The quantitative estimate of drug-likeness (QED) is 0.596. The average Bonchev–Trinajstić information content (AvgIpc) is 2.96. The normalized spacial score (nSPS) is 10.8. The van der Waals surface area contributed by atoms with Crippen molar-refractivity contribution >= 4 is 39.6 Å². The molecule has 0 bridgehead atoms. The molecule has 0 fully saturated rings. The monoisotopic (exact) mass is 307 g/mol. The number of hydrogen-bond donors (Lipinski definition) is 1. The molecule has 0 atom stereocenters. The number of carbonyl (C=O) groups is 1. The Morgan fingerprint density at radius 1 is 1.50 bits per heavy atom. The third kappa shape index (κ3) is 2.48. The number of nitrogens with two attached hydrogens (primary N) is 1. The van der Waals surface area contributed by atoms with Crippen molar-refractivity contribution < 1.29 is 9.53 Å². The lowest BCUT2D eigenvalue weighted by atomic mass is 10.2. The molecule has 5 nitrogen and oxygen atoms in total. The van der Waals surface area contributed by atoms with Gasteiger partial charge in [0.25, 0.3) is 0 Å². The van der Waals surface area contributed by atoms with Gasteiger partial charge in [-0.2, -0.15) is 0 Å². The molecule has 0 radical (unpaired) electrons. The van der Waals surface area contributed by atoms with Crippen LogP contribution in [-0.2, 0) is 11.3 Å². The summed E-state index contributed by atoms with van der Waals surface area (Å²) < 4.78 is 7.08. The van der Waals surface area contributed by atoms with Gasteiger partial charge in [-0.15, -0.1) is 11.3 Å². The molecule has 2 N–H and O–H groups in total. The number of ether oxygens (including phenoxy) is 1. The molecule has 0 saturated carbocycles. The maximum absolute atomic E-state index is 11.9. The molecule has 0 aliphatic rings. The number of benzene rings is 1. The first kappa shape index (κ1) is 13.0. The number of esters is 1. The van der Waals surface area contributed by atoms with Gasteiger partial charge in [0.1, 0.15) is 6.61 Å². The van der Waals surface area contributed by atoms with Crippen LogP contribution in [0, 0.1) is 0 Å². The Balaban J connectivity index is 1.71. The third-order valence-electron chi connectivity index (χ3n) is 2.71. The van der Waals surface area contributed by atoms with E-state index >= 15 is 0 Å². The van der Waals surface area contributed by atoms with Gasteiger partial charge in [0.15, 0.2) is 4.96 Å². The van der Waals surface area contributed by atoms with E-state index in [9.17, 15) is 4.79 Å². The standard InChI is InChI=1S/C13H10ClN3O2S/c14-11-5-8(15)1-2-10(11)12(18)19-7-9-6-17-3-4-20-13(17)16-9/h1-6H,7,15H2. The van der Waals surface area contributed by atoms with Crippen LogP contribution in [-0.4, -0.2) is 15.4 Å². The molecule has 3 aromatic rings. The maximum Gasteiger partial charge on any atom is 0.340 e. The number of imidazole rings is 1. The van der Waals surface area contributed by atoms with Crippen molar-refractivity contribution in [2.24, 2.45) is 0 Å². The Hall–Kier alpha value is -2.05. The highest BCUT2D eigenvalue weighted by molar-refractivity contribution is 7.15. The van der Waals surface area contributed by atoms with E-state index in [0.29, 0.717) is 16.9 Å². The van der Waals surface area contributed by atoms with Crippen molar-refractivity contribution in [3.63, 3.8) is 0 Å². The van der Waals surface area contributed by atoms with E-state index < -0.39 is 5.97 Å². The van der Waals surface area contributed by atoms with Crippen LogP contribution in [0.1, 0.15) is 16.1 Å². The minimum absolute atomic E-state index is 0.105. The number of hydrogen-bond acceptors (Lipinski definition) is 5. The number of anilines is 1. The highest BCUT2D eigenvalue weighted by Crippen LogP contribution is 2.20. The highest BCUT2D eigenvalue weighted by Gasteiger charge is 2.13. The van der Waals surface area contributed by atoms with Crippen LogP contribution in [0.3, 0.4) is 0 Å². The van der Waals surface area contributed by atoms with E-state index in [0.717, 1.165) is 4.96 Å². The van der Waals surface area contributed by atoms with Crippen LogP contribution < -0.4 is 5.73 Å². The molecule has 0 amide bonds. The van der Waals surface area contributed by atoms with E-state index in [-0.39, 0.29) is 11.6 Å². The SMILES string of the molecule is Nc1ccc(C(=O)OCc2cn3ccsc3n2)c(Cl)c1. The number of nitrogen functional groups attached to an aromatic ring is 1. The van der Waals surface area contributed by atoms with Crippen LogP contribution in [0.4, 0.5) is 5.69 Å². The van der Waals surface area contributed by atoms with Crippen LogP contribution in [0.15, 0.2) is 36.0 Å². The van der Waals surface area contributed by atoms with Crippen LogP contribution >= 0.6 is 22.9 Å². The van der Waals surface area contributed by atoms with Crippen molar-refractivity contribution in [1.82, 2.24) is 9.38 Å². The Bertz CT molecular complexity index is 752. The first-order chi connectivity index (χ1) is 9.63. The minimum atomic E-state index is -0.494. The van der Waals surface area contributed by atoms with Crippen LogP contribution in [0.5, 0.6) is 0 Å². The maximum atomic E-state index is 11.9. The van der Waals surface area contributed by atoms with Crippen molar-refractivity contribution in [3.8, 4) is 0 Å². The number of carbonyl (C=O) groups excluding carboxylic acids is 1. The fourth-order valence-electron chi connectivity index (χ4n) is 1.76. The number of halogens is 1. The molecule has 20 heavy (non-hydrogen) atoms. The summed E-state index contributed by atoms with van der Waals surface area (Å²) in [7, 11) is 0. The lowest BCUT2D eigenvalue weighted by molar-refractivity contribution is 0.0468. The van der Waals surface area contributed by atoms with Gasteiger partial charge < -0.3 is 10.5 Å². The summed E-state index contributed by atoms with van der Waals surface area (Å²) in [5, 5.41) is 2.22. The molecule has 2 heterocycles. The predicted octanol–water partition coefficient (Wildman–Crippen LogP) is 2.99. The lowest BCUT2D eigenvalue weighted by Gasteiger charge is -2.05. The summed E-state index contributed by atoms with van der Waals surface area (Å²) in [4.78, 5) is 17.1. The number of aromatic nitrogens is 2. The molecular formula is C13H10ClN3O2S. The molecule has 0 aliphatic carbocycles. The summed E-state index contributed by atoms with van der Waals surface area (Å²) >= 11 is 7.47. The summed E-state index contributed by atoms with van der Waals surface area (Å²) in [6.45, 7) is 0.105.